The van der Waals surface area contributed by atoms with Crippen molar-refractivity contribution in [1.82, 2.24) is 10.2 Å². The predicted molar refractivity (Wildman–Crippen MR) is 78.9 cm³/mol. The third kappa shape index (κ3) is 4.89. The fraction of sp³-hybridized carbons (Fsp3) is 1.00. The van der Waals surface area contributed by atoms with Crippen LogP contribution in [0.15, 0.2) is 0 Å². The summed E-state index contributed by atoms with van der Waals surface area (Å²) >= 11 is 0. The molecule has 2 fully saturated rings. The van der Waals surface area contributed by atoms with Crippen LogP contribution in [0.25, 0.3) is 0 Å². The predicted octanol–water partition coefficient (Wildman–Crippen LogP) is 3.42. The first kappa shape index (κ1) is 14.3. The van der Waals surface area contributed by atoms with Crippen LogP contribution in [-0.2, 0) is 0 Å². The minimum atomic E-state index is 0.886. The number of nitrogens with one attached hydrogen (secondary N) is 1. The molecule has 1 aliphatic heterocycles. The van der Waals surface area contributed by atoms with Crippen LogP contribution in [0.2, 0.25) is 0 Å². The Morgan fingerprint density at radius 1 is 1.00 bits per heavy atom. The molecule has 2 nitrogen and oxygen atoms in total. The summed E-state index contributed by atoms with van der Waals surface area (Å²) in [6, 6.07) is 0.886. The minimum Gasteiger partial charge on any atom is -0.316 e. The van der Waals surface area contributed by atoms with Gasteiger partial charge in [-0.2, -0.15) is 0 Å². The summed E-state index contributed by atoms with van der Waals surface area (Å²) in [5.41, 5.74) is 0. The lowest BCUT2D eigenvalue weighted by Gasteiger charge is -2.28. The summed E-state index contributed by atoms with van der Waals surface area (Å²) < 4.78 is 0. The molecule has 0 radical (unpaired) electrons. The second kappa shape index (κ2) is 8.16. The van der Waals surface area contributed by atoms with E-state index in [1.165, 1.54) is 83.8 Å². The fourth-order valence-electron chi connectivity index (χ4n) is 3.68. The van der Waals surface area contributed by atoms with Gasteiger partial charge < -0.3 is 10.2 Å². The van der Waals surface area contributed by atoms with E-state index in [1.807, 2.05) is 0 Å². The topological polar surface area (TPSA) is 15.3 Å². The van der Waals surface area contributed by atoms with Crippen LogP contribution in [0.5, 0.6) is 0 Å². The van der Waals surface area contributed by atoms with Crippen molar-refractivity contribution in [3.05, 3.63) is 0 Å². The number of piperidine rings is 1. The number of hydrogen-bond acceptors (Lipinski definition) is 2. The van der Waals surface area contributed by atoms with Gasteiger partial charge in [0.15, 0.2) is 0 Å². The summed E-state index contributed by atoms with van der Waals surface area (Å²) in [7, 11) is 2.36. The molecule has 2 aliphatic rings. The average Bonchev–Trinajstić information content (AvgIpc) is 2.69. The van der Waals surface area contributed by atoms with E-state index >= 15 is 0 Å². The normalized spacial score (nSPS) is 27.3. The quantitative estimate of drug-likeness (QED) is 0.754. The zero-order valence-electron chi connectivity index (χ0n) is 12.3. The number of nitrogens with zero attached hydrogens (tertiary/aromatic N) is 1. The highest BCUT2D eigenvalue weighted by molar-refractivity contribution is 4.74. The molecule has 1 atom stereocenters. The molecule has 1 N–H and O–H groups in total. The molecule has 18 heavy (non-hydrogen) atoms. The molecule has 2 rings (SSSR count). The summed E-state index contributed by atoms with van der Waals surface area (Å²) in [5, 5.41) is 3.53. The number of rotatable bonds is 5. The average molecular weight is 252 g/mol. The molecule has 1 aliphatic carbocycles. The van der Waals surface area contributed by atoms with Gasteiger partial charge in [-0.1, -0.05) is 25.7 Å². The highest BCUT2D eigenvalue weighted by Gasteiger charge is 2.17. The van der Waals surface area contributed by atoms with Gasteiger partial charge in [0, 0.05) is 6.04 Å². The second-order valence-electron chi connectivity index (χ2n) is 6.48. The second-order valence-corrected chi connectivity index (χ2v) is 6.48. The van der Waals surface area contributed by atoms with Gasteiger partial charge in [-0.05, 0) is 71.1 Å². The SMILES string of the molecule is CN(CCCC1CCCNC1)C1CCCCCC1. The molecular weight excluding hydrogens is 220 g/mol. The Balaban J connectivity index is 1.59. The van der Waals surface area contributed by atoms with Crippen LogP contribution in [0, 0.1) is 5.92 Å². The maximum absolute atomic E-state index is 3.53. The van der Waals surface area contributed by atoms with Gasteiger partial charge in [-0.15, -0.1) is 0 Å². The summed E-state index contributed by atoms with van der Waals surface area (Å²) in [5.74, 6) is 0.960. The van der Waals surface area contributed by atoms with Crippen LogP contribution in [-0.4, -0.2) is 37.6 Å². The highest BCUT2D eigenvalue weighted by Crippen LogP contribution is 2.22. The van der Waals surface area contributed by atoms with Gasteiger partial charge in [0.25, 0.3) is 0 Å². The first-order valence-electron chi connectivity index (χ1n) is 8.27. The van der Waals surface area contributed by atoms with Gasteiger partial charge in [0.05, 0.1) is 0 Å². The molecule has 1 heterocycles. The summed E-state index contributed by atoms with van der Waals surface area (Å²) in [6.07, 6.45) is 14.4. The molecule has 0 aromatic carbocycles. The Hall–Kier alpha value is -0.0800. The molecule has 1 saturated carbocycles. The molecule has 0 amide bonds. The molecular formula is C16H32N2. The van der Waals surface area contributed by atoms with Gasteiger partial charge in [-0.3, -0.25) is 0 Å². The van der Waals surface area contributed by atoms with E-state index in [1.54, 1.807) is 0 Å². The summed E-state index contributed by atoms with van der Waals surface area (Å²) in [4.78, 5) is 2.65. The van der Waals surface area contributed by atoms with E-state index in [-0.39, 0.29) is 0 Å². The first-order chi connectivity index (χ1) is 8.86. The minimum absolute atomic E-state index is 0.886. The van der Waals surface area contributed by atoms with Gasteiger partial charge >= 0.3 is 0 Å². The van der Waals surface area contributed by atoms with Crippen LogP contribution >= 0.6 is 0 Å². The molecule has 1 saturated heterocycles. The Morgan fingerprint density at radius 2 is 1.78 bits per heavy atom. The summed E-state index contributed by atoms with van der Waals surface area (Å²) in [6.45, 7) is 3.84. The maximum Gasteiger partial charge on any atom is 0.00922 e. The Labute approximate surface area is 114 Å². The lowest BCUT2D eigenvalue weighted by atomic mass is 9.94. The molecule has 0 bridgehead atoms. The molecule has 0 aromatic rings. The van der Waals surface area contributed by atoms with Crippen molar-refractivity contribution in [2.75, 3.05) is 26.7 Å². The van der Waals surface area contributed by atoms with Crippen molar-refractivity contribution in [3.63, 3.8) is 0 Å². The number of hydrogen-bond donors (Lipinski definition) is 1. The zero-order valence-corrected chi connectivity index (χ0v) is 12.3. The smallest absolute Gasteiger partial charge is 0.00922 e. The fourth-order valence-corrected chi connectivity index (χ4v) is 3.68. The van der Waals surface area contributed by atoms with E-state index in [4.69, 9.17) is 0 Å². The molecule has 106 valence electrons. The van der Waals surface area contributed by atoms with Crippen molar-refractivity contribution < 1.29 is 0 Å². The third-order valence-corrected chi connectivity index (χ3v) is 4.97. The van der Waals surface area contributed by atoms with E-state index in [0.29, 0.717) is 0 Å². The molecule has 0 spiro atoms. The molecule has 1 unspecified atom stereocenters. The Kier molecular flexibility index (Phi) is 6.50. The first-order valence-corrected chi connectivity index (χ1v) is 8.27. The van der Waals surface area contributed by atoms with Crippen LogP contribution in [0.1, 0.15) is 64.2 Å². The Morgan fingerprint density at radius 3 is 2.44 bits per heavy atom. The standard InChI is InChI=1S/C16H32N2/c1-18(16-10-4-2-3-5-11-16)13-7-9-15-8-6-12-17-14-15/h15-17H,2-14H2,1H3. The van der Waals surface area contributed by atoms with Crippen molar-refractivity contribution >= 4 is 0 Å². The maximum atomic E-state index is 3.53. The van der Waals surface area contributed by atoms with Crippen LogP contribution in [0.4, 0.5) is 0 Å². The van der Waals surface area contributed by atoms with Crippen LogP contribution < -0.4 is 5.32 Å². The Bertz CT molecular complexity index is 203. The van der Waals surface area contributed by atoms with E-state index in [2.05, 4.69) is 17.3 Å². The lowest BCUT2D eigenvalue weighted by molar-refractivity contribution is 0.209. The molecule has 0 aromatic heterocycles. The molecule has 2 heteroatoms. The van der Waals surface area contributed by atoms with Crippen molar-refractivity contribution in [1.29, 1.82) is 0 Å². The van der Waals surface area contributed by atoms with E-state index in [9.17, 15) is 0 Å². The zero-order chi connectivity index (χ0) is 12.6. The van der Waals surface area contributed by atoms with Crippen molar-refractivity contribution in [2.45, 2.75) is 70.3 Å². The lowest BCUT2D eigenvalue weighted by Crippen LogP contribution is -2.33. The monoisotopic (exact) mass is 252 g/mol. The van der Waals surface area contributed by atoms with Gasteiger partial charge in [0.1, 0.15) is 0 Å². The van der Waals surface area contributed by atoms with Crippen molar-refractivity contribution in [3.8, 4) is 0 Å². The van der Waals surface area contributed by atoms with E-state index < -0.39 is 0 Å². The largest absolute Gasteiger partial charge is 0.316 e. The van der Waals surface area contributed by atoms with Gasteiger partial charge in [0.2, 0.25) is 0 Å². The van der Waals surface area contributed by atoms with Crippen molar-refractivity contribution in [2.24, 2.45) is 5.92 Å². The van der Waals surface area contributed by atoms with Crippen LogP contribution in [0.3, 0.4) is 0 Å². The third-order valence-electron chi connectivity index (χ3n) is 4.97. The highest BCUT2D eigenvalue weighted by atomic mass is 15.1. The van der Waals surface area contributed by atoms with Gasteiger partial charge in [-0.25, -0.2) is 0 Å². The van der Waals surface area contributed by atoms with E-state index in [0.717, 1.165) is 12.0 Å².